The van der Waals surface area contributed by atoms with E-state index in [9.17, 15) is 9.59 Å². The van der Waals surface area contributed by atoms with Crippen LogP contribution in [0.2, 0.25) is 0 Å². The molecule has 4 heteroatoms. The van der Waals surface area contributed by atoms with Crippen molar-refractivity contribution < 1.29 is 19.4 Å². The maximum Gasteiger partial charge on any atom is 0.345 e. The van der Waals surface area contributed by atoms with Crippen LogP contribution >= 0.6 is 0 Å². The summed E-state index contributed by atoms with van der Waals surface area (Å²) in [6.45, 7) is 10.5. The predicted molar refractivity (Wildman–Crippen MR) is 51.8 cm³/mol. The van der Waals surface area contributed by atoms with Crippen molar-refractivity contribution in [2.75, 3.05) is 0 Å². The lowest BCUT2D eigenvalue weighted by atomic mass is 9.90. The van der Waals surface area contributed by atoms with Gasteiger partial charge < -0.3 is 9.84 Å². The lowest BCUT2D eigenvalue weighted by Crippen LogP contribution is -2.30. The van der Waals surface area contributed by atoms with Crippen molar-refractivity contribution in [1.29, 1.82) is 0 Å². The average molecular weight is 200 g/mol. The van der Waals surface area contributed by atoms with E-state index in [1.54, 1.807) is 6.92 Å². The molecule has 0 saturated heterocycles. The molecule has 0 heterocycles. The molecule has 0 aromatic carbocycles. The highest BCUT2D eigenvalue weighted by Gasteiger charge is 2.26. The molecule has 0 fully saturated rings. The summed E-state index contributed by atoms with van der Waals surface area (Å²) in [5.74, 6) is -2.23. The van der Waals surface area contributed by atoms with Gasteiger partial charge in [-0.2, -0.15) is 0 Å². The molecule has 0 aromatic heterocycles. The van der Waals surface area contributed by atoms with Crippen LogP contribution in [0.3, 0.4) is 0 Å². The van der Waals surface area contributed by atoms with Crippen LogP contribution in [0.4, 0.5) is 0 Å². The highest BCUT2D eigenvalue weighted by Crippen LogP contribution is 2.22. The van der Waals surface area contributed by atoms with Crippen LogP contribution in [0.1, 0.15) is 27.7 Å². The van der Waals surface area contributed by atoms with Crippen LogP contribution < -0.4 is 0 Å². The Labute approximate surface area is 83.6 Å². The molecule has 0 saturated carbocycles. The molecule has 1 unspecified atom stereocenters. The molecule has 4 nitrogen and oxygen atoms in total. The molecule has 0 spiro atoms. The molecule has 0 aliphatic heterocycles. The SMILES string of the molecule is C=C(C(=O)O)C(=O)OC(C)C(C)(C)C. The van der Waals surface area contributed by atoms with Crippen molar-refractivity contribution in [2.24, 2.45) is 5.41 Å². The lowest BCUT2D eigenvalue weighted by Gasteiger charge is -2.26. The van der Waals surface area contributed by atoms with Crippen molar-refractivity contribution in [1.82, 2.24) is 0 Å². The average Bonchev–Trinajstić information content (AvgIpc) is 2.00. The highest BCUT2D eigenvalue weighted by molar-refractivity contribution is 6.12. The fraction of sp³-hybridized carbons (Fsp3) is 0.600. The van der Waals surface area contributed by atoms with Gasteiger partial charge >= 0.3 is 11.9 Å². The molecule has 80 valence electrons. The van der Waals surface area contributed by atoms with Crippen molar-refractivity contribution >= 4 is 11.9 Å². The number of hydrogen-bond acceptors (Lipinski definition) is 3. The van der Waals surface area contributed by atoms with Gasteiger partial charge in [0.15, 0.2) is 0 Å². The third-order valence-corrected chi connectivity index (χ3v) is 2.01. The zero-order valence-corrected chi connectivity index (χ0v) is 8.96. The van der Waals surface area contributed by atoms with Gasteiger partial charge in [-0.25, -0.2) is 9.59 Å². The molecule has 0 aromatic rings. The van der Waals surface area contributed by atoms with E-state index in [1.807, 2.05) is 20.8 Å². The molecule has 0 bridgehead atoms. The van der Waals surface area contributed by atoms with E-state index in [0.717, 1.165) is 0 Å². The van der Waals surface area contributed by atoms with Crippen molar-refractivity contribution in [3.8, 4) is 0 Å². The monoisotopic (exact) mass is 200 g/mol. The van der Waals surface area contributed by atoms with E-state index in [4.69, 9.17) is 9.84 Å². The Bertz CT molecular complexity index is 260. The lowest BCUT2D eigenvalue weighted by molar-refractivity contribution is -0.151. The van der Waals surface area contributed by atoms with Gasteiger partial charge in [-0.3, -0.25) is 0 Å². The molecule has 1 N–H and O–H groups in total. The minimum absolute atomic E-state index is 0.214. The Morgan fingerprint density at radius 3 is 2.07 bits per heavy atom. The van der Waals surface area contributed by atoms with Gasteiger partial charge in [0.25, 0.3) is 0 Å². The third-order valence-electron chi connectivity index (χ3n) is 2.01. The number of ether oxygens (including phenoxy) is 1. The summed E-state index contributed by atoms with van der Waals surface area (Å²) in [6, 6.07) is 0. The Kier molecular flexibility index (Phi) is 3.86. The van der Waals surface area contributed by atoms with Crippen LogP contribution in [0.5, 0.6) is 0 Å². The van der Waals surface area contributed by atoms with Crippen LogP contribution in [0.25, 0.3) is 0 Å². The molecule has 0 amide bonds. The number of carbonyl (C=O) groups excluding carboxylic acids is 1. The number of hydrogen-bond donors (Lipinski definition) is 1. The van der Waals surface area contributed by atoms with Crippen molar-refractivity contribution in [2.45, 2.75) is 33.8 Å². The zero-order valence-electron chi connectivity index (χ0n) is 8.96. The number of rotatable bonds is 3. The van der Waals surface area contributed by atoms with Gasteiger partial charge in [-0.15, -0.1) is 0 Å². The summed E-state index contributed by atoms with van der Waals surface area (Å²) in [6.07, 6.45) is -0.355. The number of aliphatic carboxylic acids is 1. The molecule has 0 aliphatic carbocycles. The minimum Gasteiger partial charge on any atom is -0.477 e. The Morgan fingerprint density at radius 1 is 1.36 bits per heavy atom. The molecule has 0 radical (unpaired) electrons. The second kappa shape index (κ2) is 4.26. The van der Waals surface area contributed by atoms with Crippen LogP contribution in [0, 0.1) is 5.41 Å². The van der Waals surface area contributed by atoms with E-state index in [-0.39, 0.29) is 11.5 Å². The molecule has 14 heavy (non-hydrogen) atoms. The summed E-state index contributed by atoms with van der Waals surface area (Å²) < 4.78 is 4.92. The minimum atomic E-state index is -1.35. The van der Waals surface area contributed by atoms with E-state index in [1.165, 1.54) is 0 Å². The molecule has 0 rings (SSSR count). The first-order chi connectivity index (χ1) is 6.16. The second-order valence-electron chi connectivity index (χ2n) is 4.20. The standard InChI is InChI=1S/C10H16O4/c1-6(8(11)12)9(13)14-7(2)10(3,4)5/h7H,1H2,2-5H3,(H,11,12). The number of carboxylic acids is 1. The van der Waals surface area contributed by atoms with E-state index >= 15 is 0 Å². The summed E-state index contributed by atoms with van der Waals surface area (Å²) in [7, 11) is 0. The first-order valence-corrected chi connectivity index (χ1v) is 4.29. The Morgan fingerprint density at radius 2 is 1.79 bits per heavy atom. The Hall–Kier alpha value is -1.32. The zero-order chi connectivity index (χ0) is 11.5. The predicted octanol–water partition coefficient (Wildman–Crippen LogP) is 1.60. The second-order valence-corrected chi connectivity index (χ2v) is 4.20. The topological polar surface area (TPSA) is 63.6 Å². The third kappa shape index (κ3) is 3.60. The summed E-state index contributed by atoms with van der Waals surface area (Å²) in [5, 5.41) is 8.47. The first kappa shape index (κ1) is 12.7. The van der Waals surface area contributed by atoms with Crippen molar-refractivity contribution in [3.05, 3.63) is 12.2 Å². The normalized spacial score (nSPS) is 13.1. The number of esters is 1. The van der Waals surface area contributed by atoms with Gasteiger partial charge in [0, 0.05) is 0 Å². The summed E-state index contributed by atoms with van der Waals surface area (Å²) in [4.78, 5) is 21.5. The fourth-order valence-corrected chi connectivity index (χ4v) is 0.496. The first-order valence-electron chi connectivity index (χ1n) is 4.29. The van der Waals surface area contributed by atoms with Gasteiger partial charge in [0.2, 0.25) is 0 Å². The smallest absolute Gasteiger partial charge is 0.345 e. The summed E-state index contributed by atoms with van der Waals surface area (Å²) in [5.41, 5.74) is -0.754. The maximum atomic E-state index is 11.1. The highest BCUT2D eigenvalue weighted by atomic mass is 16.5. The van der Waals surface area contributed by atoms with Gasteiger partial charge in [-0.1, -0.05) is 27.4 Å². The van der Waals surface area contributed by atoms with Crippen LogP contribution in [0.15, 0.2) is 12.2 Å². The van der Waals surface area contributed by atoms with Crippen LogP contribution in [-0.2, 0) is 14.3 Å². The van der Waals surface area contributed by atoms with E-state index in [2.05, 4.69) is 6.58 Å². The largest absolute Gasteiger partial charge is 0.477 e. The molecule has 1 atom stereocenters. The quantitative estimate of drug-likeness (QED) is 0.325. The molecular formula is C10H16O4. The van der Waals surface area contributed by atoms with Crippen LogP contribution in [-0.4, -0.2) is 23.1 Å². The van der Waals surface area contributed by atoms with Gasteiger partial charge in [0.1, 0.15) is 11.7 Å². The number of carboxylic acid groups (broad SMARTS) is 1. The van der Waals surface area contributed by atoms with E-state index in [0.29, 0.717) is 0 Å². The molecule has 0 aliphatic rings. The Balaban J connectivity index is 4.35. The number of carbonyl (C=O) groups is 2. The molecular weight excluding hydrogens is 184 g/mol. The van der Waals surface area contributed by atoms with Gasteiger partial charge in [-0.05, 0) is 12.3 Å². The van der Waals surface area contributed by atoms with Gasteiger partial charge in [0.05, 0.1) is 0 Å². The maximum absolute atomic E-state index is 11.1. The van der Waals surface area contributed by atoms with E-state index < -0.39 is 17.5 Å². The fourth-order valence-electron chi connectivity index (χ4n) is 0.496. The summed E-state index contributed by atoms with van der Waals surface area (Å²) >= 11 is 0. The van der Waals surface area contributed by atoms with Crippen molar-refractivity contribution in [3.63, 3.8) is 0 Å².